The van der Waals surface area contributed by atoms with Crippen LogP contribution in [0.3, 0.4) is 0 Å². The molecule has 4 aromatic heterocycles. The molecule has 184 valence electrons. The highest BCUT2D eigenvalue weighted by atomic mass is 16.5. The van der Waals surface area contributed by atoms with E-state index >= 15 is 0 Å². The molecular weight excluding hydrogens is 466 g/mol. The van der Waals surface area contributed by atoms with Crippen molar-refractivity contribution in [3.05, 3.63) is 88.6 Å². The minimum absolute atomic E-state index is 0.145. The summed E-state index contributed by atoms with van der Waals surface area (Å²) < 4.78 is 9.25. The van der Waals surface area contributed by atoms with Crippen molar-refractivity contribution < 1.29 is 4.74 Å². The number of hydrogen-bond donors (Lipinski definition) is 1. The van der Waals surface area contributed by atoms with Gasteiger partial charge in [0.05, 0.1) is 42.7 Å². The van der Waals surface area contributed by atoms with Crippen LogP contribution in [0.25, 0.3) is 27.9 Å². The number of piperidine rings is 1. The van der Waals surface area contributed by atoms with Crippen molar-refractivity contribution in [3.63, 3.8) is 0 Å². The van der Waals surface area contributed by atoms with Gasteiger partial charge in [0.15, 0.2) is 17.2 Å². The zero-order valence-corrected chi connectivity index (χ0v) is 20.2. The van der Waals surface area contributed by atoms with Gasteiger partial charge in [0.2, 0.25) is 0 Å². The van der Waals surface area contributed by atoms with E-state index in [-0.39, 0.29) is 5.56 Å². The summed E-state index contributed by atoms with van der Waals surface area (Å²) in [4.78, 5) is 21.9. The van der Waals surface area contributed by atoms with Gasteiger partial charge in [0.25, 0.3) is 5.56 Å². The third-order valence-corrected chi connectivity index (χ3v) is 6.80. The molecular formula is C28H25N7O2. The molecule has 0 aliphatic carbocycles. The number of nitrogens with one attached hydrogen (secondary N) is 1. The summed E-state index contributed by atoms with van der Waals surface area (Å²) >= 11 is 0. The number of hydrogen-bond acceptors (Lipinski definition) is 7. The third kappa shape index (κ3) is 4.67. The third-order valence-electron chi connectivity index (χ3n) is 6.80. The lowest BCUT2D eigenvalue weighted by Gasteiger charge is -2.22. The fraction of sp³-hybridized carbons (Fsp3) is 0.250. The molecule has 1 aliphatic rings. The van der Waals surface area contributed by atoms with E-state index in [9.17, 15) is 10.1 Å². The lowest BCUT2D eigenvalue weighted by atomic mass is 9.99. The fourth-order valence-corrected chi connectivity index (χ4v) is 4.78. The summed E-state index contributed by atoms with van der Waals surface area (Å²) in [6.45, 7) is 3.11. The van der Waals surface area contributed by atoms with Gasteiger partial charge in [-0.1, -0.05) is 18.2 Å². The zero-order chi connectivity index (χ0) is 25.2. The Morgan fingerprint density at radius 2 is 1.92 bits per heavy atom. The van der Waals surface area contributed by atoms with E-state index in [0.29, 0.717) is 41.9 Å². The van der Waals surface area contributed by atoms with Gasteiger partial charge >= 0.3 is 0 Å². The monoisotopic (exact) mass is 491 g/mol. The molecule has 0 radical (unpaired) electrons. The Morgan fingerprint density at radius 3 is 2.73 bits per heavy atom. The Morgan fingerprint density at radius 1 is 1.08 bits per heavy atom. The first-order valence-electron chi connectivity index (χ1n) is 12.3. The van der Waals surface area contributed by atoms with Crippen LogP contribution in [0.5, 0.6) is 5.75 Å². The molecule has 1 aliphatic heterocycles. The second-order valence-corrected chi connectivity index (χ2v) is 9.30. The fourth-order valence-electron chi connectivity index (χ4n) is 4.78. The van der Waals surface area contributed by atoms with Gasteiger partial charge in [-0.25, -0.2) is 14.5 Å². The second-order valence-electron chi connectivity index (χ2n) is 9.30. The van der Waals surface area contributed by atoms with Crippen LogP contribution in [0, 0.1) is 17.2 Å². The first kappa shape index (κ1) is 22.9. The molecule has 37 heavy (non-hydrogen) atoms. The molecule has 1 fully saturated rings. The van der Waals surface area contributed by atoms with Crippen molar-refractivity contribution >= 4 is 16.6 Å². The number of aromatic nitrogens is 5. The van der Waals surface area contributed by atoms with Gasteiger partial charge in [-0.3, -0.25) is 9.36 Å². The highest BCUT2D eigenvalue weighted by Crippen LogP contribution is 2.22. The molecule has 9 nitrogen and oxygen atoms in total. The van der Waals surface area contributed by atoms with Crippen molar-refractivity contribution in [1.82, 2.24) is 29.5 Å². The van der Waals surface area contributed by atoms with Crippen molar-refractivity contribution in [2.75, 3.05) is 19.7 Å². The topological polar surface area (TPSA) is 110 Å². The average molecular weight is 492 g/mol. The Balaban J connectivity index is 1.24. The molecule has 9 heteroatoms. The number of pyridine rings is 2. The molecule has 5 heterocycles. The summed E-state index contributed by atoms with van der Waals surface area (Å²) in [6, 6.07) is 16.8. The number of fused-ring (bicyclic) bond motifs is 3. The van der Waals surface area contributed by atoms with Crippen molar-refractivity contribution in [2.24, 2.45) is 5.92 Å². The molecule has 0 unspecified atom stereocenters. The maximum Gasteiger partial charge on any atom is 0.252 e. The van der Waals surface area contributed by atoms with E-state index in [4.69, 9.17) is 4.74 Å². The molecule has 5 aromatic rings. The molecule has 1 saturated heterocycles. The number of rotatable bonds is 6. The van der Waals surface area contributed by atoms with Crippen LogP contribution < -0.4 is 15.6 Å². The minimum atomic E-state index is -0.145. The van der Waals surface area contributed by atoms with E-state index in [0.717, 1.165) is 48.0 Å². The lowest BCUT2D eigenvalue weighted by molar-refractivity contribution is 0.214. The average Bonchev–Trinajstić information content (AvgIpc) is 3.32. The number of ether oxygens (including phenoxy) is 1. The summed E-state index contributed by atoms with van der Waals surface area (Å²) in [5.41, 5.74) is 3.54. The highest BCUT2D eigenvalue weighted by Gasteiger charge is 2.15. The molecule has 6 rings (SSSR count). The number of benzene rings is 1. The summed E-state index contributed by atoms with van der Waals surface area (Å²) in [7, 11) is 0. The Labute approximate surface area is 213 Å². The van der Waals surface area contributed by atoms with Gasteiger partial charge in [-0.2, -0.15) is 5.26 Å². The van der Waals surface area contributed by atoms with Gasteiger partial charge in [-0.15, -0.1) is 5.10 Å². The van der Waals surface area contributed by atoms with Crippen LogP contribution in [0.4, 0.5) is 0 Å². The molecule has 1 N–H and O–H groups in total. The van der Waals surface area contributed by atoms with Crippen molar-refractivity contribution in [1.29, 1.82) is 5.26 Å². The number of nitriles is 1. The summed E-state index contributed by atoms with van der Waals surface area (Å²) in [6.07, 6.45) is 7.41. The lowest BCUT2D eigenvalue weighted by Crippen LogP contribution is -2.30. The standard InChI is InChI=1S/C28H25N7O2/c29-14-20-8-11-35-25(13-20)24-4-5-26(36)34(28(24)33-35)17-21-2-1-3-22(12-21)27-31-15-23(16-32-27)37-18-19-6-9-30-10-7-19/h1-5,8,11-13,15-16,19,30H,6-7,9-10,17-18H2. The minimum Gasteiger partial charge on any atom is -0.490 e. The number of nitrogens with zero attached hydrogens (tertiary/aromatic N) is 6. The van der Waals surface area contributed by atoms with Crippen LogP contribution in [0.1, 0.15) is 24.0 Å². The maximum atomic E-state index is 12.8. The molecule has 0 atom stereocenters. The highest BCUT2D eigenvalue weighted by molar-refractivity contribution is 5.92. The Bertz CT molecular complexity index is 1680. The molecule has 0 amide bonds. The van der Waals surface area contributed by atoms with E-state index in [2.05, 4.69) is 26.5 Å². The van der Waals surface area contributed by atoms with Gasteiger partial charge in [-0.05, 0) is 61.7 Å². The van der Waals surface area contributed by atoms with Crippen molar-refractivity contribution in [2.45, 2.75) is 19.4 Å². The quantitative estimate of drug-likeness (QED) is 0.388. The predicted octanol–water partition coefficient (Wildman–Crippen LogP) is 3.40. The van der Waals surface area contributed by atoms with E-state index in [1.54, 1.807) is 51.9 Å². The van der Waals surface area contributed by atoms with Crippen molar-refractivity contribution in [3.8, 4) is 23.2 Å². The first-order valence-corrected chi connectivity index (χ1v) is 12.3. The maximum absolute atomic E-state index is 12.8. The van der Waals surface area contributed by atoms with E-state index < -0.39 is 0 Å². The van der Waals surface area contributed by atoms with Crippen LogP contribution in [-0.2, 0) is 6.54 Å². The summed E-state index contributed by atoms with van der Waals surface area (Å²) in [5, 5.41) is 18.1. The van der Waals surface area contributed by atoms with Gasteiger partial charge in [0.1, 0.15) is 0 Å². The smallest absolute Gasteiger partial charge is 0.252 e. The second kappa shape index (κ2) is 9.84. The van der Waals surface area contributed by atoms with Gasteiger partial charge in [0, 0.05) is 23.2 Å². The molecule has 1 aromatic carbocycles. The van der Waals surface area contributed by atoms with E-state index in [1.165, 1.54) is 0 Å². The van der Waals surface area contributed by atoms with Crippen LogP contribution in [-0.4, -0.2) is 43.8 Å². The predicted molar refractivity (Wildman–Crippen MR) is 139 cm³/mol. The zero-order valence-electron chi connectivity index (χ0n) is 20.2. The SMILES string of the molecule is N#Cc1ccn2nc3c(ccc(=O)n3Cc3cccc(-c4ncc(OCC5CCNCC5)cn4)c3)c2c1. The van der Waals surface area contributed by atoms with Gasteiger partial charge < -0.3 is 10.1 Å². The Kier molecular flexibility index (Phi) is 6.08. The summed E-state index contributed by atoms with van der Waals surface area (Å²) in [5.74, 6) is 1.83. The van der Waals surface area contributed by atoms with Crippen LogP contribution in [0.2, 0.25) is 0 Å². The molecule has 0 spiro atoms. The largest absolute Gasteiger partial charge is 0.490 e. The molecule has 0 saturated carbocycles. The van der Waals surface area contributed by atoms with E-state index in [1.807, 2.05) is 24.3 Å². The normalized spacial score (nSPS) is 14.1. The van der Waals surface area contributed by atoms with Crippen LogP contribution >= 0.6 is 0 Å². The first-order chi connectivity index (χ1) is 18.2. The van der Waals surface area contributed by atoms with Crippen LogP contribution in [0.15, 0.2) is 71.9 Å². The molecule has 0 bridgehead atoms. The Hall–Kier alpha value is -4.55.